The maximum atomic E-state index is 12.8. The first-order valence-electron chi connectivity index (χ1n) is 8.12. The van der Waals surface area contributed by atoms with Crippen molar-refractivity contribution in [1.82, 2.24) is 19.7 Å². The Morgan fingerprint density at radius 2 is 2.21 bits per heavy atom. The molecule has 2 heterocycles. The van der Waals surface area contributed by atoms with E-state index in [9.17, 15) is 4.79 Å². The molecule has 1 aromatic carbocycles. The van der Waals surface area contributed by atoms with Crippen LogP contribution in [0, 0.1) is 0 Å². The zero-order chi connectivity index (χ0) is 16.9. The molecule has 0 bridgehead atoms. The van der Waals surface area contributed by atoms with Crippen LogP contribution in [0.1, 0.15) is 22.6 Å². The molecule has 24 heavy (non-hydrogen) atoms. The van der Waals surface area contributed by atoms with Crippen molar-refractivity contribution in [2.75, 3.05) is 13.2 Å². The van der Waals surface area contributed by atoms with Gasteiger partial charge in [0, 0.05) is 13.6 Å². The van der Waals surface area contributed by atoms with E-state index in [2.05, 4.69) is 28.8 Å². The SMILES string of the molecule is C=CCO[C@@H]1CCN(C(=O)c2ncn(C)n2)[C@H]1Cc1ccccc1. The van der Waals surface area contributed by atoms with Crippen LogP contribution in [-0.4, -0.2) is 50.9 Å². The van der Waals surface area contributed by atoms with Crippen molar-refractivity contribution < 1.29 is 9.53 Å². The molecule has 0 spiro atoms. The molecular formula is C18H22N4O2. The van der Waals surface area contributed by atoms with Crippen LogP contribution >= 0.6 is 0 Å². The summed E-state index contributed by atoms with van der Waals surface area (Å²) in [7, 11) is 1.76. The van der Waals surface area contributed by atoms with Gasteiger partial charge < -0.3 is 9.64 Å². The maximum absolute atomic E-state index is 12.8. The highest BCUT2D eigenvalue weighted by Crippen LogP contribution is 2.25. The molecule has 0 aliphatic carbocycles. The highest BCUT2D eigenvalue weighted by atomic mass is 16.5. The molecular weight excluding hydrogens is 304 g/mol. The number of carbonyl (C=O) groups is 1. The molecule has 2 atom stereocenters. The molecule has 1 fully saturated rings. The van der Waals surface area contributed by atoms with E-state index >= 15 is 0 Å². The molecule has 1 aliphatic heterocycles. The van der Waals surface area contributed by atoms with E-state index in [1.54, 1.807) is 24.1 Å². The number of benzene rings is 1. The standard InChI is InChI=1S/C18H22N4O2/c1-3-11-24-16-9-10-22(18(23)17-19-13-21(2)20-17)15(16)12-14-7-5-4-6-8-14/h3-8,13,15-16H,1,9-12H2,2H3/t15-,16+/m0/s1. The molecule has 1 saturated heterocycles. The lowest BCUT2D eigenvalue weighted by molar-refractivity contribution is 0.0374. The average Bonchev–Trinajstić information content (AvgIpc) is 3.20. The van der Waals surface area contributed by atoms with Crippen LogP contribution in [0.25, 0.3) is 0 Å². The summed E-state index contributed by atoms with van der Waals surface area (Å²) in [4.78, 5) is 18.7. The van der Waals surface area contributed by atoms with Crippen LogP contribution in [0.3, 0.4) is 0 Å². The van der Waals surface area contributed by atoms with Gasteiger partial charge in [0.15, 0.2) is 0 Å². The van der Waals surface area contributed by atoms with Crippen molar-refractivity contribution in [3.8, 4) is 0 Å². The second-order valence-corrected chi connectivity index (χ2v) is 5.95. The summed E-state index contributed by atoms with van der Waals surface area (Å²) < 4.78 is 7.44. The lowest BCUT2D eigenvalue weighted by Gasteiger charge is -2.27. The third-order valence-corrected chi connectivity index (χ3v) is 4.25. The van der Waals surface area contributed by atoms with Crippen molar-refractivity contribution in [1.29, 1.82) is 0 Å². The van der Waals surface area contributed by atoms with Crippen LogP contribution in [0.5, 0.6) is 0 Å². The minimum Gasteiger partial charge on any atom is -0.372 e. The summed E-state index contributed by atoms with van der Waals surface area (Å²) in [6, 6.07) is 10.1. The van der Waals surface area contributed by atoms with Gasteiger partial charge in [-0.3, -0.25) is 9.48 Å². The van der Waals surface area contributed by atoms with Crippen LogP contribution < -0.4 is 0 Å². The van der Waals surface area contributed by atoms with Gasteiger partial charge in [-0.25, -0.2) is 4.98 Å². The number of carbonyl (C=O) groups excluding carboxylic acids is 1. The van der Waals surface area contributed by atoms with Crippen LogP contribution in [0.15, 0.2) is 49.3 Å². The van der Waals surface area contributed by atoms with Gasteiger partial charge in [-0.15, -0.1) is 11.7 Å². The summed E-state index contributed by atoms with van der Waals surface area (Å²) in [6.45, 7) is 4.84. The number of rotatable bonds is 6. The second-order valence-electron chi connectivity index (χ2n) is 5.95. The molecule has 0 unspecified atom stereocenters. The Morgan fingerprint density at radius 1 is 1.42 bits per heavy atom. The van der Waals surface area contributed by atoms with E-state index in [0.717, 1.165) is 12.8 Å². The van der Waals surface area contributed by atoms with Crippen molar-refractivity contribution >= 4 is 5.91 Å². The van der Waals surface area contributed by atoms with E-state index in [4.69, 9.17) is 4.74 Å². The van der Waals surface area contributed by atoms with Crippen LogP contribution in [0.2, 0.25) is 0 Å². The molecule has 0 N–H and O–H groups in total. The second kappa shape index (κ2) is 7.40. The molecule has 1 aliphatic rings. The summed E-state index contributed by atoms with van der Waals surface area (Å²) in [6.07, 6.45) is 4.84. The number of nitrogens with zero attached hydrogens (tertiary/aromatic N) is 4. The van der Waals surface area contributed by atoms with Gasteiger partial charge in [-0.2, -0.15) is 0 Å². The number of aromatic nitrogens is 3. The van der Waals surface area contributed by atoms with Gasteiger partial charge in [-0.05, 0) is 18.4 Å². The lowest BCUT2D eigenvalue weighted by Crippen LogP contribution is -2.42. The third kappa shape index (κ3) is 3.54. The zero-order valence-corrected chi connectivity index (χ0v) is 13.8. The number of hydrogen-bond acceptors (Lipinski definition) is 4. The van der Waals surface area contributed by atoms with Gasteiger partial charge >= 0.3 is 0 Å². The van der Waals surface area contributed by atoms with E-state index < -0.39 is 0 Å². The van der Waals surface area contributed by atoms with Gasteiger partial charge in [0.25, 0.3) is 5.91 Å². The fourth-order valence-corrected chi connectivity index (χ4v) is 3.13. The van der Waals surface area contributed by atoms with E-state index in [-0.39, 0.29) is 23.9 Å². The Kier molecular flexibility index (Phi) is 5.05. The van der Waals surface area contributed by atoms with Gasteiger partial charge in [0.1, 0.15) is 6.33 Å². The fourth-order valence-electron chi connectivity index (χ4n) is 3.13. The van der Waals surface area contributed by atoms with Crippen molar-refractivity contribution in [2.24, 2.45) is 7.05 Å². The zero-order valence-electron chi connectivity index (χ0n) is 13.8. The topological polar surface area (TPSA) is 60.2 Å². The third-order valence-electron chi connectivity index (χ3n) is 4.25. The Hall–Kier alpha value is -2.47. The summed E-state index contributed by atoms with van der Waals surface area (Å²) in [5.41, 5.74) is 1.18. The number of ether oxygens (including phenoxy) is 1. The first kappa shape index (κ1) is 16.4. The highest BCUT2D eigenvalue weighted by Gasteiger charge is 2.39. The summed E-state index contributed by atoms with van der Waals surface area (Å²) in [5, 5.41) is 4.14. The Bertz CT molecular complexity index is 698. The molecule has 1 aromatic heterocycles. The maximum Gasteiger partial charge on any atom is 0.293 e. The molecule has 2 aromatic rings. The number of likely N-dealkylation sites (tertiary alicyclic amines) is 1. The van der Waals surface area contributed by atoms with E-state index in [1.165, 1.54) is 5.56 Å². The van der Waals surface area contributed by atoms with E-state index in [0.29, 0.717) is 13.2 Å². The monoisotopic (exact) mass is 326 g/mol. The number of hydrogen-bond donors (Lipinski definition) is 0. The van der Waals surface area contributed by atoms with E-state index in [1.807, 2.05) is 23.1 Å². The van der Waals surface area contributed by atoms with Gasteiger partial charge in [-0.1, -0.05) is 36.4 Å². The normalized spacial score (nSPS) is 20.3. The summed E-state index contributed by atoms with van der Waals surface area (Å²) >= 11 is 0. The molecule has 0 saturated carbocycles. The van der Waals surface area contributed by atoms with Crippen LogP contribution in [0.4, 0.5) is 0 Å². The Morgan fingerprint density at radius 3 is 2.88 bits per heavy atom. The van der Waals surface area contributed by atoms with Crippen molar-refractivity contribution in [3.63, 3.8) is 0 Å². The molecule has 3 rings (SSSR count). The Labute approximate surface area is 141 Å². The van der Waals surface area contributed by atoms with Crippen molar-refractivity contribution in [3.05, 3.63) is 60.7 Å². The minimum absolute atomic E-state index is 0.00383. The quantitative estimate of drug-likeness (QED) is 0.760. The summed E-state index contributed by atoms with van der Waals surface area (Å²) in [5.74, 6) is 0.0983. The van der Waals surface area contributed by atoms with Gasteiger partial charge in [0.05, 0.1) is 18.8 Å². The molecule has 126 valence electrons. The largest absolute Gasteiger partial charge is 0.372 e. The predicted octanol–water partition coefficient (Wildman–Crippen LogP) is 1.84. The average molecular weight is 326 g/mol. The first-order chi connectivity index (χ1) is 11.7. The smallest absolute Gasteiger partial charge is 0.293 e. The lowest BCUT2D eigenvalue weighted by atomic mass is 10.0. The molecule has 6 nitrogen and oxygen atoms in total. The number of amides is 1. The molecule has 0 radical (unpaired) electrons. The minimum atomic E-state index is -0.138. The number of aryl methyl sites for hydroxylation is 1. The molecule has 6 heteroatoms. The highest BCUT2D eigenvalue weighted by molar-refractivity contribution is 5.90. The molecule has 1 amide bonds. The fraction of sp³-hybridized carbons (Fsp3) is 0.389. The van der Waals surface area contributed by atoms with Crippen LogP contribution in [-0.2, 0) is 18.2 Å². The Balaban J connectivity index is 1.80. The predicted molar refractivity (Wildman–Crippen MR) is 90.5 cm³/mol. The first-order valence-corrected chi connectivity index (χ1v) is 8.12. The van der Waals surface area contributed by atoms with Crippen molar-refractivity contribution in [2.45, 2.75) is 25.0 Å². The van der Waals surface area contributed by atoms with Gasteiger partial charge in [0.2, 0.25) is 5.82 Å².